The summed E-state index contributed by atoms with van der Waals surface area (Å²) in [6.07, 6.45) is 4.38. The van der Waals surface area contributed by atoms with Crippen LogP contribution in [0.25, 0.3) is 11.0 Å². The largest absolute Gasteiger partial charge is 0.457 e. The number of hydrogen-bond donors (Lipinski definition) is 1. The van der Waals surface area contributed by atoms with Gasteiger partial charge in [0.25, 0.3) is 5.56 Å². The van der Waals surface area contributed by atoms with E-state index in [1.807, 2.05) is 0 Å². The summed E-state index contributed by atoms with van der Waals surface area (Å²) in [4.78, 5) is 42.6. The SMILES string of the molecule is Cn1ncc2c(=O)n(CCC(=O)OCC(=O)c3ccc[nH]3)cnc21. The van der Waals surface area contributed by atoms with E-state index in [2.05, 4.69) is 15.1 Å². The van der Waals surface area contributed by atoms with Crippen molar-refractivity contribution >= 4 is 22.8 Å². The first-order valence-electron chi connectivity index (χ1n) is 7.25. The molecule has 1 N–H and O–H groups in total. The highest BCUT2D eigenvalue weighted by molar-refractivity contribution is 5.96. The van der Waals surface area contributed by atoms with Crippen molar-refractivity contribution in [3.05, 3.63) is 46.9 Å². The molecule has 0 amide bonds. The number of rotatable bonds is 6. The van der Waals surface area contributed by atoms with E-state index in [1.165, 1.54) is 21.8 Å². The first kappa shape index (κ1) is 15.7. The maximum atomic E-state index is 12.2. The van der Waals surface area contributed by atoms with Gasteiger partial charge in [-0.1, -0.05) is 0 Å². The van der Waals surface area contributed by atoms with E-state index in [4.69, 9.17) is 4.74 Å². The topological polar surface area (TPSA) is 112 Å². The minimum absolute atomic E-state index is 0.0363. The van der Waals surface area contributed by atoms with E-state index in [1.54, 1.807) is 25.4 Å². The van der Waals surface area contributed by atoms with Gasteiger partial charge in [-0.15, -0.1) is 0 Å². The van der Waals surface area contributed by atoms with Gasteiger partial charge in [-0.05, 0) is 12.1 Å². The number of esters is 1. The zero-order valence-corrected chi connectivity index (χ0v) is 12.9. The van der Waals surface area contributed by atoms with Gasteiger partial charge in [-0.2, -0.15) is 5.10 Å². The van der Waals surface area contributed by atoms with Crippen molar-refractivity contribution in [3.8, 4) is 0 Å². The molecule has 3 aromatic rings. The van der Waals surface area contributed by atoms with Crippen LogP contribution in [-0.4, -0.2) is 42.7 Å². The molecule has 9 heteroatoms. The summed E-state index contributed by atoms with van der Waals surface area (Å²) in [5, 5.41) is 4.36. The molecule has 0 fully saturated rings. The van der Waals surface area contributed by atoms with Crippen LogP contribution in [0, 0.1) is 0 Å². The van der Waals surface area contributed by atoms with Gasteiger partial charge in [-0.3, -0.25) is 23.6 Å². The lowest BCUT2D eigenvalue weighted by atomic mass is 10.3. The number of ether oxygens (including phenoxy) is 1. The highest BCUT2D eigenvalue weighted by atomic mass is 16.5. The zero-order chi connectivity index (χ0) is 17.1. The maximum Gasteiger partial charge on any atom is 0.308 e. The number of aromatic nitrogens is 5. The van der Waals surface area contributed by atoms with Crippen molar-refractivity contribution in [2.24, 2.45) is 7.05 Å². The molecule has 0 saturated heterocycles. The summed E-state index contributed by atoms with van der Waals surface area (Å²) in [7, 11) is 1.69. The number of carbonyl (C=O) groups excluding carboxylic acids is 2. The Hall–Kier alpha value is -3.23. The summed E-state index contributed by atoms with van der Waals surface area (Å²) in [5.41, 5.74) is 0.587. The van der Waals surface area contributed by atoms with E-state index >= 15 is 0 Å². The first-order chi connectivity index (χ1) is 11.6. The van der Waals surface area contributed by atoms with E-state index in [0.717, 1.165) is 0 Å². The molecular formula is C15H15N5O4. The Kier molecular flexibility index (Phi) is 4.23. The fourth-order valence-corrected chi connectivity index (χ4v) is 2.24. The number of Topliss-reactive ketones (excluding diaryl/α,β-unsaturated/α-hetero) is 1. The minimum Gasteiger partial charge on any atom is -0.457 e. The van der Waals surface area contributed by atoms with Crippen LogP contribution in [0.4, 0.5) is 0 Å². The van der Waals surface area contributed by atoms with Gasteiger partial charge in [0.2, 0.25) is 5.78 Å². The van der Waals surface area contributed by atoms with Gasteiger partial charge in [0.15, 0.2) is 12.3 Å². The number of nitrogens with one attached hydrogen (secondary N) is 1. The third-order valence-corrected chi connectivity index (χ3v) is 3.54. The van der Waals surface area contributed by atoms with Crippen LogP contribution in [0.1, 0.15) is 16.9 Å². The molecule has 3 rings (SSSR count). The van der Waals surface area contributed by atoms with Crippen LogP contribution in [0.15, 0.2) is 35.6 Å². The number of carbonyl (C=O) groups is 2. The van der Waals surface area contributed by atoms with Crippen molar-refractivity contribution in [1.82, 2.24) is 24.3 Å². The molecular weight excluding hydrogens is 314 g/mol. The summed E-state index contributed by atoms with van der Waals surface area (Å²) in [5.74, 6) is -0.878. The standard InChI is InChI=1S/C15H15N5O4/c1-19-14-10(7-18-19)15(23)20(9-17-14)6-4-13(22)24-8-12(21)11-3-2-5-16-11/h2-3,5,7,9,16H,4,6,8H2,1H3. The Morgan fingerprint density at radius 3 is 2.96 bits per heavy atom. The molecule has 0 unspecified atom stereocenters. The molecule has 24 heavy (non-hydrogen) atoms. The quantitative estimate of drug-likeness (QED) is 0.513. The van der Waals surface area contributed by atoms with Crippen LogP contribution in [0.5, 0.6) is 0 Å². The van der Waals surface area contributed by atoms with Crippen molar-refractivity contribution in [1.29, 1.82) is 0 Å². The highest BCUT2D eigenvalue weighted by Gasteiger charge is 2.12. The summed E-state index contributed by atoms with van der Waals surface area (Å²) in [6, 6.07) is 3.29. The molecule has 3 aromatic heterocycles. The van der Waals surface area contributed by atoms with E-state index < -0.39 is 5.97 Å². The molecule has 124 valence electrons. The Balaban J connectivity index is 1.57. The fourth-order valence-electron chi connectivity index (χ4n) is 2.24. The van der Waals surface area contributed by atoms with Gasteiger partial charge in [0.05, 0.1) is 24.6 Å². The third kappa shape index (κ3) is 3.09. The average molecular weight is 329 g/mol. The molecule has 0 aliphatic carbocycles. The van der Waals surface area contributed by atoms with Crippen molar-refractivity contribution < 1.29 is 14.3 Å². The summed E-state index contributed by atoms with van der Waals surface area (Å²) in [6.45, 7) is -0.222. The number of aromatic amines is 1. The second kappa shape index (κ2) is 6.49. The summed E-state index contributed by atoms with van der Waals surface area (Å²) >= 11 is 0. The predicted octanol–water partition coefficient (Wildman–Crippen LogP) is 0.274. The Bertz CT molecular complexity index is 939. The van der Waals surface area contributed by atoms with Gasteiger partial charge in [-0.25, -0.2) is 4.98 Å². The molecule has 0 saturated carbocycles. The second-order valence-corrected chi connectivity index (χ2v) is 5.17. The van der Waals surface area contributed by atoms with Crippen LogP contribution in [0.3, 0.4) is 0 Å². The molecule has 0 radical (unpaired) electrons. The molecule has 0 bridgehead atoms. The monoisotopic (exact) mass is 329 g/mol. The number of fused-ring (bicyclic) bond motifs is 1. The van der Waals surface area contributed by atoms with Crippen LogP contribution < -0.4 is 5.56 Å². The lowest BCUT2D eigenvalue weighted by Gasteiger charge is -2.06. The van der Waals surface area contributed by atoms with Gasteiger partial charge in [0, 0.05) is 19.8 Å². The van der Waals surface area contributed by atoms with E-state index in [-0.39, 0.29) is 30.9 Å². The first-order valence-corrected chi connectivity index (χ1v) is 7.25. The van der Waals surface area contributed by atoms with Crippen molar-refractivity contribution in [2.45, 2.75) is 13.0 Å². The van der Waals surface area contributed by atoms with Crippen molar-refractivity contribution in [2.75, 3.05) is 6.61 Å². The normalized spacial score (nSPS) is 10.9. The van der Waals surface area contributed by atoms with Crippen LogP contribution in [-0.2, 0) is 23.1 Å². The van der Waals surface area contributed by atoms with Gasteiger partial charge >= 0.3 is 5.97 Å². The smallest absolute Gasteiger partial charge is 0.308 e. The molecule has 0 aliphatic heterocycles. The molecule has 3 heterocycles. The molecule has 0 atom stereocenters. The lowest BCUT2D eigenvalue weighted by molar-refractivity contribution is -0.142. The fraction of sp³-hybridized carbons (Fsp3) is 0.267. The van der Waals surface area contributed by atoms with Crippen molar-refractivity contribution in [3.63, 3.8) is 0 Å². The predicted molar refractivity (Wildman–Crippen MR) is 83.5 cm³/mol. The maximum absolute atomic E-state index is 12.2. The summed E-state index contributed by atoms with van der Waals surface area (Å²) < 4.78 is 7.74. The van der Waals surface area contributed by atoms with Gasteiger partial charge in [0.1, 0.15) is 5.39 Å². The number of ketones is 1. The van der Waals surface area contributed by atoms with Crippen LogP contribution in [0.2, 0.25) is 0 Å². The zero-order valence-electron chi connectivity index (χ0n) is 12.9. The minimum atomic E-state index is -0.562. The highest BCUT2D eigenvalue weighted by Crippen LogP contribution is 2.04. The Morgan fingerprint density at radius 2 is 2.21 bits per heavy atom. The molecule has 0 aromatic carbocycles. The number of hydrogen-bond acceptors (Lipinski definition) is 6. The Morgan fingerprint density at radius 1 is 1.38 bits per heavy atom. The molecule has 0 spiro atoms. The molecule has 9 nitrogen and oxygen atoms in total. The Labute approximate surface area is 135 Å². The average Bonchev–Trinajstić information content (AvgIpc) is 3.23. The van der Waals surface area contributed by atoms with E-state index in [9.17, 15) is 14.4 Å². The lowest BCUT2D eigenvalue weighted by Crippen LogP contribution is -2.23. The number of aryl methyl sites for hydroxylation is 2. The van der Waals surface area contributed by atoms with E-state index in [0.29, 0.717) is 16.7 Å². The third-order valence-electron chi connectivity index (χ3n) is 3.54. The molecule has 0 aliphatic rings. The van der Waals surface area contributed by atoms with Gasteiger partial charge < -0.3 is 9.72 Å². The number of nitrogens with zero attached hydrogens (tertiary/aromatic N) is 4. The second-order valence-electron chi connectivity index (χ2n) is 5.17. The van der Waals surface area contributed by atoms with Crippen LogP contribution >= 0.6 is 0 Å². The number of H-pyrrole nitrogens is 1.